The molecule has 1 aromatic heterocycles. The number of ether oxygens (including phenoxy) is 1. The van der Waals surface area contributed by atoms with Crippen molar-refractivity contribution in [2.45, 2.75) is 25.3 Å². The number of methoxy groups -OCH3 is 1. The lowest BCUT2D eigenvalue weighted by Gasteiger charge is -2.42. The first-order valence-electron chi connectivity index (χ1n) is 10.4. The minimum absolute atomic E-state index is 0. The van der Waals surface area contributed by atoms with Crippen LogP contribution in [0.5, 0.6) is 5.75 Å². The summed E-state index contributed by atoms with van der Waals surface area (Å²) in [5.41, 5.74) is 10.7. The van der Waals surface area contributed by atoms with E-state index >= 15 is 0 Å². The number of carbonyl (C=O) groups is 1. The van der Waals surface area contributed by atoms with E-state index in [0.29, 0.717) is 18.8 Å². The fourth-order valence-electron chi connectivity index (χ4n) is 4.96. The van der Waals surface area contributed by atoms with E-state index in [1.54, 1.807) is 17.9 Å². The SMILES string of the molecule is COc1cccc(-n2ccc(C(=O)N3CCC4(CC3)Cc3ccccc3[C@H]4N)n2)c1.Cl. The monoisotopic (exact) mass is 438 g/mol. The molecule has 3 aromatic rings. The predicted molar refractivity (Wildman–Crippen MR) is 122 cm³/mol. The summed E-state index contributed by atoms with van der Waals surface area (Å²) in [7, 11) is 1.63. The van der Waals surface area contributed by atoms with Gasteiger partial charge < -0.3 is 15.4 Å². The van der Waals surface area contributed by atoms with Crippen LogP contribution in [0.2, 0.25) is 0 Å². The molecular weight excluding hydrogens is 412 g/mol. The molecule has 31 heavy (non-hydrogen) atoms. The number of hydrogen-bond acceptors (Lipinski definition) is 4. The fraction of sp³-hybridized carbons (Fsp3) is 0.333. The van der Waals surface area contributed by atoms with Gasteiger partial charge >= 0.3 is 0 Å². The third-order valence-corrected chi connectivity index (χ3v) is 6.76. The number of aromatic nitrogens is 2. The molecule has 6 nitrogen and oxygen atoms in total. The molecule has 0 bridgehead atoms. The van der Waals surface area contributed by atoms with Gasteiger partial charge in [0, 0.05) is 31.4 Å². The van der Waals surface area contributed by atoms with Crippen molar-refractivity contribution < 1.29 is 9.53 Å². The second-order valence-corrected chi connectivity index (χ2v) is 8.35. The van der Waals surface area contributed by atoms with Crippen LogP contribution < -0.4 is 10.5 Å². The average Bonchev–Trinajstić information content (AvgIpc) is 3.38. The van der Waals surface area contributed by atoms with Gasteiger partial charge in [-0.2, -0.15) is 5.10 Å². The van der Waals surface area contributed by atoms with E-state index in [2.05, 4.69) is 29.4 Å². The van der Waals surface area contributed by atoms with Crippen molar-refractivity contribution in [2.75, 3.05) is 20.2 Å². The summed E-state index contributed by atoms with van der Waals surface area (Å²) in [6.45, 7) is 1.43. The van der Waals surface area contributed by atoms with Gasteiger partial charge in [-0.1, -0.05) is 30.3 Å². The van der Waals surface area contributed by atoms with E-state index in [1.165, 1.54) is 11.1 Å². The highest BCUT2D eigenvalue weighted by atomic mass is 35.5. The maximum atomic E-state index is 13.1. The number of carbonyl (C=O) groups excluding carboxylic acids is 1. The molecule has 1 aliphatic heterocycles. The van der Waals surface area contributed by atoms with Crippen molar-refractivity contribution in [2.24, 2.45) is 11.1 Å². The first-order chi connectivity index (χ1) is 14.6. The summed E-state index contributed by atoms with van der Waals surface area (Å²) in [6, 6.07) is 17.9. The van der Waals surface area contributed by atoms with E-state index in [9.17, 15) is 4.79 Å². The number of rotatable bonds is 3. The molecule has 2 aliphatic rings. The summed E-state index contributed by atoms with van der Waals surface area (Å²) in [5.74, 6) is 0.738. The van der Waals surface area contributed by atoms with Crippen LogP contribution in [0.4, 0.5) is 0 Å². The third kappa shape index (κ3) is 3.70. The Morgan fingerprint density at radius 2 is 1.90 bits per heavy atom. The van der Waals surface area contributed by atoms with Gasteiger partial charge in [0.2, 0.25) is 0 Å². The average molecular weight is 439 g/mol. The first kappa shape index (κ1) is 21.4. The summed E-state index contributed by atoms with van der Waals surface area (Å²) in [4.78, 5) is 15.0. The summed E-state index contributed by atoms with van der Waals surface area (Å²) < 4.78 is 6.99. The van der Waals surface area contributed by atoms with Crippen LogP contribution in [-0.4, -0.2) is 40.8 Å². The fourth-order valence-corrected chi connectivity index (χ4v) is 4.96. The zero-order chi connectivity index (χ0) is 20.7. The number of piperidine rings is 1. The zero-order valence-electron chi connectivity index (χ0n) is 17.5. The lowest BCUT2D eigenvalue weighted by atomic mass is 9.73. The highest BCUT2D eigenvalue weighted by molar-refractivity contribution is 5.92. The molecule has 7 heteroatoms. The van der Waals surface area contributed by atoms with Crippen molar-refractivity contribution in [3.63, 3.8) is 0 Å². The van der Waals surface area contributed by atoms with Gasteiger partial charge in [0.25, 0.3) is 5.91 Å². The normalized spacial score (nSPS) is 19.0. The van der Waals surface area contributed by atoms with Gasteiger partial charge in [-0.05, 0) is 54.0 Å². The highest BCUT2D eigenvalue weighted by Gasteiger charge is 2.46. The number of benzene rings is 2. The molecule has 2 N–H and O–H groups in total. The molecule has 1 atom stereocenters. The summed E-state index contributed by atoms with van der Waals surface area (Å²) in [6.07, 6.45) is 4.67. The molecule has 1 fully saturated rings. The number of amides is 1. The maximum absolute atomic E-state index is 13.1. The predicted octanol–water partition coefficient (Wildman–Crippen LogP) is 3.78. The van der Waals surface area contributed by atoms with Crippen LogP contribution in [0.25, 0.3) is 5.69 Å². The highest BCUT2D eigenvalue weighted by Crippen LogP contribution is 2.50. The quantitative estimate of drug-likeness (QED) is 0.675. The van der Waals surface area contributed by atoms with Crippen molar-refractivity contribution in [1.29, 1.82) is 0 Å². The Hall–Kier alpha value is -2.83. The Kier molecular flexibility index (Phi) is 5.77. The number of nitrogens with zero attached hydrogens (tertiary/aromatic N) is 3. The topological polar surface area (TPSA) is 73.4 Å². The molecule has 162 valence electrons. The van der Waals surface area contributed by atoms with Crippen LogP contribution in [0.15, 0.2) is 60.8 Å². The molecule has 1 saturated heterocycles. The molecule has 5 rings (SSSR count). The number of fused-ring (bicyclic) bond motifs is 1. The van der Waals surface area contributed by atoms with Gasteiger partial charge in [-0.3, -0.25) is 4.79 Å². The molecule has 1 spiro atoms. The van der Waals surface area contributed by atoms with Gasteiger partial charge in [-0.15, -0.1) is 12.4 Å². The Balaban J connectivity index is 0.00000231. The molecule has 1 aliphatic carbocycles. The number of nitrogens with two attached hydrogens (primary N) is 1. The Morgan fingerprint density at radius 1 is 1.13 bits per heavy atom. The van der Waals surface area contributed by atoms with Crippen LogP contribution in [0, 0.1) is 5.41 Å². The molecule has 2 aromatic carbocycles. The smallest absolute Gasteiger partial charge is 0.274 e. The Bertz CT molecular complexity index is 1090. The van der Waals surface area contributed by atoms with Crippen molar-refractivity contribution in [1.82, 2.24) is 14.7 Å². The van der Waals surface area contributed by atoms with E-state index in [4.69, 9.17) is 10.5 Å². The zero-order valence-corrected chi connectivity index (χ0v) is 18.3. The Morgan fingerprint density at radius 3 is 2.65 bits per heavy atom. The number of hydrogen-bond donors (Lipinski definition) is 1. The van der Waals surface area contributed by atoms with Gasteiger partial charge in [-0.25, -0.2) is 4.68 Å². The van der Waals surface area contributed by atoms with Crippen molar-refractivity contribution >= 4 is 18.3 Å². The molecule has 1 amide bonds. The van der Waals surface area contributed by atoms with Crippen LogP contribution in [0.3, 0.4) is 0 Å². The van der Waals surface area contributed by atoms with Crippen molar-refractivity contribution in [3.8, 4) is 11.4 Å². The van der Waals surface area contributed by atoms with Crippen LogP contribution in [-0.2, 0) is 6.42 Å². The minimum atomic E-state index is -0.0180. The Labute approximate surface area is 188 Å². The number of likely N-dealkylation sites (tertiary alicyclic amines) is 1. The van der Waals surface area contributed by atoms with E-state index in [1.807, 2.05) is 35.4 Å². The van der Waals surface area contributed by atoms with Crippen molar-refractivity contribution in [3.05, 3.63) is 77.6 Å². The summed E-state index contributed by atoms with van der Waals surface area (Å²) >= 11 is 0. The standard InChI is InChI=1S/C24H26N4O2.ClH/c1-30-19-7-4-6-18(15-19)28-12-9-21(26-28)23(29)27-13-10-24(11-14-27)16-17-5-2-3-8-20(17)22(24)25;/h2-9,12,15,22H,10-11,13-14,16,25H2,1H3;1H/t22-;/m1./s1. The van der Waals surface area contributed by atoms with Gasteiger partial charge in [0.05, 0.1) is 12.8 Å². The minimum Gasteiger partial charge on any atom is -0.497 e. The van der Waals surface area contributed by atoms with Crippen LogP contribution >= 0.6 is 12.4 Å². The molecule has 0 saturated carbocycles. The van der Waals surface area contributed by atoms with E-state index in [-0.39, 0.29) is 29.8 Å². The van der Waals surface area contributed by atoms with E-state index in [0.717, 1.165) is 30.7 Å². The third-order valence-electron chi connectivity index (χ3n) is 6.76. The molecule has 0 unspecified atom stereocenters. The van der Waals surface area contributed by atoms with Gasteiger partial charge in [0.1, 0.15) is 5.75 Å². The van der Waals surface area contributed by atoms with Crippen LogP contribution in [0.1, 0.15) is 40.5 Å². The summed E-state index contributed by atoms with van der Waals surface area (Å²) in [5, 5.41) is 4.51. The van der Waals surface area contributed by atoms with E-state index < -0.39 is 0 Å². The lowest BCUT2D eigenvalue weighted by Crippen LogP contribution is -2.46. The van der Waals surface area contributed by atoms with Gasteiger partial charge in [0.15, 0.2) is 5.69 Å². The first-order valence-corrected chi connectivity index (χ1v) is 10.4. The molecule has 2 heterocycles. The maximum Gasteiger partial charge on any atom is 0.274 e. The second kappa shape index (κ2) is 8.36. The molecular formula is C24H27ClN4O2. The molecule has 0 radical (unpaired) electrons. The number of halogens is 1. The second-order valence-electron chi connectivity index (χ2n) is 8.35. The largest absolute Gasteiger partial charge is 0.497 e. The lowest BCUT2D eigenvalue weighted by molar-refractivity contribution is 0.0536.